The number of amidine groups is 1. The lowest BCUT2D eigenvalue weighted by molar-refractivity contribution is -0.115. The third-order valence-electron chi connectivity index (χ3n) is 3.79. The molecule has 1 aliphatic rings. The summed E-state index contributed by atoms with van der Waals surface area (Å²) in [5, 5.41) is 11.8. The van der Waals surface area contributed by atoms with E-state index in [4.69, 9.17) is 0 Å². The van der Waals surface area contributed by atoms with Gasteiger partial charge in [-0.05, 0) is 36.0 Å². The first-order valence-corrected chi connectivity index (χ1v) is 8.68. The minimum absolute atomic E-state index is 0.100. The van der Waals surface area contributed by atoms with E-state index in [9.17, 15) is 36.6 Å². The summed E-state index contributed by atoms with van der Waals surface area (Å²) in [6, 6.07) is 3.61. The van der Waals surface area contributed by atoms with Crippen LogP contribution in [0.4, 0.5) is 27.6 Å². The van der Waals surface area contributed by atoms with Gasteiger partial charge >= 0.3 is 5.97 Å². The highest BCUT2D eigenvalue weighted by atomic mass is 32.2. The molecule has 0 radical (unpaired) electrons. The summed E-state index contributed by atoms with van der Waals surface area (Å²) in [4.78, 5) is 27.2. The average Bonchev–Trinajstić information content (AvgIpc) is 3.07. The lowest BCUT2D eigenvalue weighted by atomic mass is 10.1. The molecule has 6 nitrogen and oxygen atoms in total. The highest BCUT2D eigenvalue weighted by Crippen LogP contribution is 2.32. The van der Waals surface area contributed by atoms with E-state index in [1.54, 1.807) is 0 Å². The fraction of sp³-hybridized carbons (Fsp3) is 0.0556. The molecule has 1 heterocycles. The maximum atomic E-state index is 13.8. The van der Waals surface area contributed by atoms with Crippen molar-refractivity contribution in [3.05, 3.63) is 63.3 Å². The Morgan fingerprint density at radius 3 is 2.30 bits per heavy atom. The third kappa shape index (κ3) is 3.85. The Balaban J connectivity index is 1.96. The fourth-order valence-electron chi connectivity index (χ4n) is 2.34. The number of rotatable bonds is 3. The zero-order valence-electron chi connectivity index (χ0n) is 14.7. The number of hydrogen-bond donors (Lipinski definition) is 2. The third-order valence-corrected chi connectivity index (χ3v) is 4.70. The molecule has 1 amide bonds. The van der Waals surface area contributed by atoms with Gasteiger partial charge in [-0.15, -0.1) is 0 Å². The largest absolute Gasteiger partial charge is 0.507 e. The predicted octanol–water partition coefficient (Wildman–Crippen LogP) is 3.77. The Morgan fingerprint density at radius 2 is 1.70 bits per heavy atom. The highest BCUT2D eigenvalue weighted by Gasteiger charge is 2.29. The molecular weight excluding hydrogens is 435 g/mol. The molecule has 3 rings (SSSR count). The van der Waals surface area contributed by atoms with Crippen molar-refractivity contribution in [3.8, 4) is 5.75 Å². The van der Waals surface area contributed by atoms with Crippen molar-refractivity contribution >= 4 is 40.6 Å². The monoisotopic (exact) mass is 444 g/mol. The standard InChI is InChI=1S/C18H9F5N2O4S/c1-29-17(28)7-4-6(2-3-9(7)26)24-18-25-16(27)10(30-18)5-8-11(19)13(21)15(23)14(22)12(8)20/h2-5,26H,1H3,(H,24,25,27)/b10-5-. The van der Waals surface area contributed by atoms with Gasteiger partial charge in [-0.1, -0.05) is 0 Å². The summed E-state index contributed by atoms with van der Waals surface area (Å²) >= 11 is 0.566. The number of carbonyl (C=O) groups excluding carboxylic acids is 2. The number of nitrogens with one attached hydrogen (secondary N) is 1. The topological polar surface area (TPSA) is 88.0 Å². The Hall–Kier alpha value is -3.41. The van der Waals surface area contributed by atoms with Crippen molar-refractivity contribution in [1.29, 1.82) is 0 Å². The van der Waals surface area contributed by atoms with E-state index in [1.807, 2.05) is 0 Å². The van der Waals surface area contributed by atoms with E-state index in [-0.39, 0.29) is 27.1 Å². The van der Waals surface area contributed by atoms with E-state index in [1.165, 1.54) is 6.07 Å². The summed E-state index contributed by atoms with van der Waals surface area (Å²) in [5.41, 5.74) is -1.37. The quantitative estimate of drug-likeness (QED) is 0.248. The van der Waals surface area contributed by atoms with Crippen LogP contribution in [0.5, 0.6) is 5.75 Å². The number of methoxy groups -OCH3 is 1. The first-order chi connectivity index (χ1) is 14.1. The normalized spacial score (nSPS) is 16.3. The van der Waals surface area contributed by atoms with Crippen LogP contribution in [0.2, 0.25) is 0 Å². The van der Waals surface area contributed by atoms with Gasteiger partial charge in [0.05, 0.1) is 23.3 Å². The van der Waals surface area contributed by atoms with Gasteiger partial charge in [0, 0.05) is 0 Å². The number of esters is 1. The second-order valence-corrected chi connectivity index (χ2v) is 6.69. The second-order valence-electron chi connectivity index (χ2n) is 5.66. The van der Waals surface area contributed by atoms with Crippen LogP contribution in [0.15, 0.2) is 28.1 Å². The number of aliphatic imine (C=N–C) groups is 1. The van der Waals surface area contributed by atoms with E-state index >= 15 is 0 Å². The smallest absolute Gasteiger partial charge is 0.341 e. The summed E-state index contributed by atoms with van der Waals surface area (Å²) < 4.78 is 71.9. The number of phenolic OH excluding ortho intramolecular Hbond substituents is 1. The van der Waals surface area contributed by atoms with Crippen LogP contribution >= 0.6 is 11.8 Å². The van der Waals surface area contributed by atoms with Gasteiger partial charge in [-0.2, -0.15) is 0 Å². The van der Waals surface area contributed by atoms with Gasteiger partial charge in [0.25, 0.3) is 5.91 Å². The highest BCUT2D eigenvalue weighted by molar-refractivity contribution is 8.18. The molecule has 1 fully saturated rings. The lowest BCUT2D eigenvalue weighted by Crippen LogP contribution is -2.19. The van der Waals surface area contributed by atoms with Gasteiger partial charge in [0.1, 0.15) is 11.3 Å². The van der Waals surface area contributed by atoms with Crippen LogP contribution in [0.3, 0.4) is 0 Å². The summed E-state index contributed by atoms with van der Waals surface area (Å²) in [6.45, 7) is 0. The van der Waals surface area contributed by atoms with Gasteiger partial charge in [-0.3, -0.25) is 4.79 Å². The van der Waals surface area contributed by atoms with E-state index in [0.717, 1.165) is 19.2 Å². The minimum atomic E-state index is -2.31. The SMILES string of the molecule is COC(=O)c1cc(N=C2NC(=O)/C(=C/c3c(F)c(F)c(F)c(F)c3F)S2)ccc1O. The number of nitrogens with zero attached hydrogens (tertiary/aromatic N) is 1. The van der Waals surface area contributed by atoms with Crippen LogP contribution in [-0.4, -0.2) is 29.3 Å². The number of aromatic hydroxyl groups is 1. The fourth-order valence-corrected chi connectivity index (χ4v) is 3.17. The van der Waals surface area contributed by atoms with Crippen molar-refractivity contribution in [1.82, 2.24) is 5.32 Å². The molecule has 2 N–H and O–H groups in total. The van der Waals surface area contributed by atoms with Gasteiger partial charge in [0.2, 0.25) is 5.82 Å². The summed E-state index contributed by atoms with van der Waals surface area (Å²) in [7, 11) is 1.10. The molecule has 0 atom stereocenters. The lowest BCUT2D eigenvalue weighted by Gasteiger charge is -2.04. The number of phenols is 1. The predicted molar refractivity (Wildman–Crippen MR) is 96.5 cm³/mol. The van der Waals surface area contributed by atoms with Crippen molar-refractivity contribution in [2.45, 2.75) is 0 Å². The van der Waals surface area contributed by atoms with Crippen molar-refractivity contribution in [3.63, 3.8) is 0 Å². The van der Waals surface area contributed by atoms with Crippen LogP contribution in [-0.2, 0) is 9.53 Å². The molecule has 156 valence electrons. The maximum Gasteiger partial charge on any atom is 0.341 e. The van der Waals surface area contributed by atoms with Crippen molar-refractivity contribution < 1.29 is 41.4 Å². The maximum absolute atomic E-state index is 13.8. The zero-order chi connectivity index (χ0) is 22.2. The molecule has 0 spiro atoms. The average molecular weight is 444 g/mol. The molecule has 1 aliphatic heterocycles. The molecule has 12 heteroatoms. The molecule has 2 aromatic rings. The van der Waals surface area contributed by atoms with Crippen LogP contribution in [0.1, 0.15) is 15.9 Å². The molecule has 0 aliphatic carbocycles. The van der Waals surface area contributed by atoms with Crippen LogP contribution < -0.4 is 5.32 Å². The minimum Gasteiger partial charge on any atom is -0.507 e. The zero-order valence-corrected chi connectivity index (χ0v) is 15.5. The Kier molecular flexibility index (Phi) is 5.78. The molecule has 2 aromatic carbocycles. The number of amides is 1. The number of benzene rings is 2. The molecular formula is C18H9F5N2O4S. The molecule has 0 unspecified atom stereocenters. The number of thioether (sulfide) groups is 1. The first-order valence-electron chi connectivity index (χ1n) is 7.86. The van der Waals surface area contributed by atoms with Crippen molar-refractivity contribution in [2.24, 2.45) is 4.99 Å². The second kappa shape index (κ2) is 8.14. The van der Waals surface area contributed by atoms with Gasteiger partial charge in [-0.25, -0.2) is 31.7 Å². The Bertz CT molecular complexity index is 1120. The number of hydrogen-bond acceptors (Lipinski definition) is 6. The first kappa shape index (κ1) is 21.3. The number of halogens is 5. The number of ether oxygens (including phenoxy) is 1. The number of carbonyl (C=O) groups is 2. The molecule has 0 bridgehead atoms. The summed E-state index contributed by atoms with van der Waals surface area (Å²) in [6.07, 6.45) is 0.509. The van der Waals surface area contributed by atoms with Crippen LogP contribution in [0.25, 0.3) is 6.08 Å². The Morgan fingerprint density at radius 1 is 1.10 bits per heavy atom. The molecule has 0 aromatic heterocycles. The van der Waals surface area contributed by atoms with E-state index in [0.29, 0.717) is 17.8 Å². The summed E-state index contributed by atoms with van der Waals surface area (Å²) in [5.74, 6) is -12.9. The van der Waals surface area contributed by atoms with Gasteiger partial charge < -0.3 is 15.2 Å². The van der Waals surface area contributed by atoms with E-state index < -0.39 is 46.5 Å². The molecule has 1 saturated heterocycles. The Labute approximate surface area is 169 Å². The molecule has 30 heavy (non-hydrogen) atoms. The van der Waals surface area contributed by atoms with Crippen LogP contribution in [0, 0.1) is 29.1 Å². The van der Waals surface area contributed by atoms with Crippen molar-refractivity contribution in [2.75, 3.05) is 7.11 Å². The van der Waals surface area contributed by atoms with E-state index in [2.05, 4.69) is 15.0 Å². The molecule has 0 saturated carbocycles. The van der Waals surface area contributed by atoms with Gasteiger partial charge in [0.15, 0.2) is 28.4 Å².